The van der Waals surface area contributed by atoms with Crippen molar-refractivity contribution in [2.24, 2.45) is 5.92 Å². The first-order chi connectivity index (χ1) is 10.3. The van der Waals surface area contributed by atoms with Crippen LogP contribution < -0.4 is 10.1 Å². The maximum atomic E-state index is 12.0. The van der Waals surface area contributed by atoms with E-state index >= 15 is 0 Å². The van der Waals surface area contributed by atoms with E-state index in [1.165, 1.54) is 7.11 Å². The number of methoxy groups -OCH3 is 1. The van der Waals surface area contributed by atoms with Crippen LogP contribution in [0.15, 0.2) is 18.2 Å². The van der Waals surface area contributed by atoms with Crippen molar-refractivity contribution in [3.8, 4) is 5.75 Å². The molecule has 1 aromatic rings. The van der Waals surface area contributed by atoms with Crippen LogP contribution in [0.4, 0.5) is 0 Å². The molecular weight excluding hydrogens is 282 g/mol. The summed E-state index contributed by atoms with van der Waals surface area (Å²) in [6, 6.07) is 5.11. The summed E-state index contributed by atoms with van der Waals surface area (Å²) in [5.74, 6) is 0.161. The number of rotatable bonds is 7. The molecule has 0 aliphatic carbocycles. The van der Waals surface area contributed by atoms with Gasteiger partial charge in [0, 0.05) is 0 Å². The molecule has 0 saturated carbocycles. The molecule has 0 aliphatic heterocycles. The molecule has 0 radical (unpaired) electrons. The first-order valence-corrected chi connectivity index (χ1v) is 7.40. The van der Waals surface area contributed by atoms with E-state index in [1.54, 1.807) is 0 Å². The van der Waals surface area contributed by atoms with Gasteiger partial charge >= 0.3 is 5.97 Å². The summed E-state index contributed by atoms with van der Waals surface area (Å²) in [6.45, 7) is 7.75. The van der Waals surface area contributed by atoms with Gasteiger partial charge in [0.1, 0.15) is 11.8 Å². The van der Waals surface area contributed by atoms with Gasteiger partial charge in [-0.2, -0.15) is 0 Å². The maximum absolute atomic E-state index is 12.0. The van der Waals surface area contributed by atoms with Crippen LogP contribution in [-0.2, 0) is 14.3 Å². The molecule has 1 amide bonds. The van der Waals surface area contributed by atoms with E-state index in [4.69, 9.17) is 9.47 Å². The summed E-state index contributed by atoms with van der Waals surface area (Å²) in [6.07, 6.45) is 0.530. The van der Waals surface area contributed by atoms with E-state index in [0.717, 1.165) is 11.1 Å². The Morgan fingerprint density at radius 2 is 1.91 bits per heavy atom. The summed E-state index contributed by atoms with van der Waals surface area (Å²) >= 11 is 0. The van der Waals surface area contributed by atoms with Crippen LogP contribution >= 0.6 is 0 Å². The molecule has 1 aromatic carbocycles. The first kappa shape index (κ1) is 18.0. The molecule has 1 N–H and O–H groups in total. The second-order valence-electron chi connectivity index (χ2n) is 5.83. The fourth-order valence-electron chi connectivity index (χ4n) is 2.17. The number of carbonyl (C=O) groups excluding carboxylic acids is 2. The predicted octanol–water partition coefficient (Wildman–Crippen LogP) is 2.39. The molecule has 1 unspecified atom stereocenters. The number of benzene rings is 1. The summed E-state index contributed by atoms with van der Waals surface area (Å²) in [5, 5.41) is 2.66. The Kier molecular flexibility index (Phi) is 6.89. The number of amides is 1. The van der Waals surface area contributed by atoms with Crippen molar-refractivity contribution in [1.82, 2.24) is 5.32 Å². The highest BCUT2D eigenvalue weighted by Crippen LogP contribution is 2.18. The first-order valence-electron chi connectivity index (χ1n) is 7.40. The van der Waals surface area contributed by atoms with Crippen LogP contribution in [0.1, 0.15) is 31.4 Å². The molecule has 5 nitrogen and oxygen atoms in total. The van der Waals surface area contributed by atoms with Gasteiger partial charge in [-0.1, -0.05) is 31.5 Å². The fourth-order valence-corrected chi connectivity index (χ4v) is 2.17. The Morgan fingerprint density at radius 1 is 1.23 bits per heavy atom. The second kappa shape index (κ2) is 8.41. The van der Waals surface area contributed by atoms with E-state index in [1.807, 2.05) is 45.9 Å². The van der Waals surface area contributed by atoms with Crippen molar-refractivity contribution in [3.05, 3.63) is 29.3 Å². The smallest absolute Gasteiger partial charge is 0.328 e. The quantitative estimate of drug-likeness (QED) is 0.786. The average Bonchev–Trinajstić information content (AvgIpc) is 2.44. The summed E-state index contributed by atoms with van der Waals surface area (Å²) < 4.78 is 10.2. The lowest BCUT2D eigenvalue weighted by Crippen LogP contribution is -2.44. The van der Waals surface area contributed by atoms with Crippen molar-refractivity contribution >= 4 is 11.9 Å². The number of hydrogen-bond acceptors (Lipinski definition) is 4. The third-order valence-electron chi connectivity index (χ3n) is 3.22. The van der Waals surface area contributed by atoms with Gasteiger partial charge in [0.25, 0.3) is 5.91 Å². The SMILES string of the molecule is COC(=O)C(CC(C)C)NC(=O)COc1ccc(C)cc1C. The minimum absolute atomic E-state index is 0.129. The molecule has 0 aliphatic rings. The Bertz CT molecular complexity index is 525. The molecule has 0 heterocycles. The van der Waals surface area contributed by atoms with Gasteiger partial charge in [-0.05, 0) is 37.8 Å². The van der Waals surface area contributed by atoms with Crippen LogP contribution in [0.25, 0.3) is 0 Å². The van der Waals surface area contributed by atoms with E-state index in [9.17, 15) is 9.59 Å². The molecule has 0 aromatic heterocycles. The van der Waals surface area contributed by atoms with Gasteiger partial charge in [-0.15, -0.1) is 0 Å². The van der Waals surface area contributed by atoms with Crippen LogP contribution in [0.3, 0.4) is 0 Å². The molecule has 22 heavy (non-hydrogen) atoms. The van der Waals surface area contributed by atoms with E-state index in [2.05, 4.69) is 5.32 Å². The van der Waals surface area contributed by atoms with Crippen molar-refractivity contribution in [2.45, 2.75) is 40.2 Å². The maximum Gasteiger partial charge on any atom is 0.328 e. The fraction of sp³-hybridized carbons (Fsp3) is 0.529. The summed E-state index contributed by atoms with van der Waals surface area (Å²) in [4.78, 5) is 23.6. The normalized spacial score (nSPS) is 11.9. The number of aryl methyl sites for hydroxylation is 2. The molecule has 5 heteroatoms. The number of hydrogen-bond donors (Lipinski definition) is 1. The number of esters is 1. The van der Waals surface area contributed by atoms with Crippen molar-refractivity contribution in [2.75, 3.05) is 13.7 Å². The van der Waals surface area contributed by atoms with Crippen LogP contribution in [-0.4, -0.2) is 31.6 Å². The third kappa shape index (κ3) is 5.76. The van der Waals surface area contributed by atoms with Gasteiger partial charge in [-0.25, -0.2) is 4.79 Å². The third-order valence-corrected chi connectivity index (χ3v) is 3.22. The number of ether oxygens (including phenoxy) is 2. The molecule has 0 saturated heterocycles. The second-order valence-corrected chi connectivity index (χ2v) is 5.83. The van der Waals surface area contributed by atoms with Gasteiger partial charge in [-0.3, -0.25) is 4.79 Å². The van der Waals surface area contributed by atoms with Crippen molar-refractivity contribution in [3.63, 3.8) is 0 Å². The zero-order chi connectivity index (χ0) is 16.7. The lowest BCUT2D eigenvalue weighted by molar-refractivity contribution is -0.145. The summed E-state index contributed by atoms with van der Waals surface area (Å²) in [7, 11) is 1.31. The van der Waals surface area contributed by atoms with Crippen LogP contribution in [0.5, 0.6) is 5.75 Å². The zero-order valence-electron chi connectivity index (χ0n) is 13.9. The number of carbonyl (C=O) groups is 2. The highest BCUT2D eigenvalue weighted by atomic mass is 16.5. The van der Waals surface area contributed by atoms with Crippen molar-refractivity contribution < 1.29 is 19.1 Å². The lowest BCUT2D eigenvalue weighted by atomic mass is 10.0. The molecule has 0 spiro atoms. The van der Waals surface area contributed by atoms with Gasteiger partial charge < -0.3 is 14.8 Å². The molecule has 0 bridgehead atoms. The highest BCUT2D eigenvalue weighted by molar-refractivity contribution is 5.85. The zero-order valence-corrected chi connectivity index (χ0v) is 13.9. The Morgan fingerprint density at radius 3 is 2.45 bits per heavy atom. The van der Waals surface area contributed by atoms with Crippen LogP contribution in [0.2, 0.25) is 0 Å². The topological polar surface area (TPSA) is 64.6 Å². The Balaban J connectivity index is 2.58. The monoisotopic (exact) mass is 307 g/mol. The van der Waals surface area contributed by atoms with Crippen molar-refractivity contribution in [1.29, 1.82) is 0 Å². The van der Waals surface area contributed by atoms with Gasteiger partial charge in [0.15, 0.2) is 6.61 Å². The standard InChI is InChI=1S/C17H25NO4/c1-11(2)8-14(17(20)21-5)18-16(19)10-22-15-7-6-12(3)9-13(15)4/h6-7,9,11,14H,8,10H2,1-5H3,(H,18,19). The van der Waals surface area contributed by atoms with E-state index in [-0.39, 0.29) is 18.4 Å². The molecule has 1 atom stereocenters. The van der Waals surface area contributed by atoms with Gasteiger partial charge in [0.05, 0.1) is 7.11 Å². The number of nitrogens with one attached hydrogen (secondary N) is 1. The minimum Gasteiger partial charge on any atom is -0.484 e. The van der Waals surface area contributed by atoms with E-state index < -0.39 is 12.0 Å². The highest BCUT2D eigenvalue weighted by Gasteiger charge is 2.22. The molecule has 1 rings (SSSR count). The summed E-state index contributed by atoms with van der Waals surface area (Å²) in [5.41, 5.74) is 2.11. The largest absolute Gasteiger partial charge is 0.484 e. The predicted molar refractivity (Wildman–Crippen MR) is 84.8 cm³/mol. The molecular formula is C17H25NO4. The van der Waals surface area contributed by atoms with E-state index in [0.29, 0.717) is 12.2 Å². The van der Waals surface area contributed by atoms with Gasteiger partial charge in [0.2, 0.25) is 0 Å². The Hall–Kier alpha value is -2.04. The van der Waals surface area contributed by atoms with Crippen LogP contribution in [0, 0.1) is 19.8 Å². The lowest BCUT2D eigenvalue weighted by Gasteiger charge is -2.18. The average molecular weight is 307 g/mol. The molecule has 0 fully saturated rings. The molecule has 122 valence electrons. The Labute approximate surface area is 132 Å². The minimum atomic E-state index is -0.639.